The molecule has 0 N–H and O–H groups in total. The monoisotopic (exact) mass is 294 g/mol. The predicted octanol–water partition coefficient (Wildman–Crippen LogP) is 3.72. The van der Waals surface area contributed by atoms with E-state index in [1.807, 2.05) is 12.1 Å². The molecule has 1 fully saturated rings. The first-order chi connectivity index (χ1) is 9.56. The predicted molar refractivity (Wildman–Crippen MR) is 87.6 cm³/mol. The molecule has 1 aliphatic heterocycles. The number of benzene rings is 1. The molecule has 1 heterocycles. The zero-order valence-corrected chi connectivity index (χ0v) is 13.7. The topological polar surface area (TPSA) is 6.48 Å². The maximum absolute atomic E-state index is 6.00. The van der Waals surface area contributed by atoms with Crippen molar-refractivity contribution in [2.24, 2.45) is 5.92 Å². The van der Waals surface area contributed by atoms with Gasteiger partial charge >= 0.3 is 0 Å². The molecule has 0 bridgehead atoms. The van der Waals surface area contributed by atoms with Gasteiger partial charge in [0.25, 0.3) is 0 Å². The number of piperazine rings is 1. The lowest BCUT2D eigenvalue weighted by atomic mass is 9.85. The van der Waals surface area contributed by atoms with Gasteiger partial charge in [-0.05, 0) is 49.5 Å². The van der Waals surface area contributed by atoms with Crippen molar-refractivity contribution in [2.75, 3.05) is 39.8 Å². The molecule has 112 valence electrons. The minimum absolute atomic E-state index is 0.631. The van der Waals surface area contributed by atoms with Crippen molar-refractivity contribution in [3.8, 4) is 0 Å². The van der Waals surface area contributed by atoms with Gasteiger partial charge in [0.15, 0.2) is 0 Å². The minimum atomic E-state index is 0.631. The van der Waals surface area contributed by atoms with Crippen molar-refractivity contribution in [3.05, 3.63) is 34.9 Å². The van der Waals surface area contributed by atoms with Crippen LogP contribution in [0.15, 0.2) is 24.3 Å². The van der Waals surface area contributed by atoms with E-state index in [2.05, 4.69) is 42.8 Å². The Hall–Kier alpha value is -0.570. The summed E-state index contributed by atoms with van der Waals surface area (Å²) in [7, 11) is 2.21. The van der Waals surface area contributed by atoms with Crippen LogP contribution >= 0.6 is 11.6 Å². The van der Waals surface area contributed by atoms with Crippen LogP contribution in [-0.4, -0.2) is 49.6 Å². The Morgan fingerprint density at radius 2 is 1.65 bits per heavy atom. The van der Waals surface area contributed by atoms with Crippen LogP contribution in [0.25, 0.3) is 0 Å². The molecule has 0 aromatic heterocycles. The molecule has 0 aliphatic carbocycles. The molecule has 0 radical (unpaired) electrons. The number of rotatable bonds is 5. The van der Waals surface area contributed by atoms with Crippen LogP contribution in [-0.2, 0) is 0 Å². The van der Waals surface area contributed by atoms with Crippen LogP contribution in [0.5, 0.6) is 0 Å². The minimum Gasteiger partial charge on any atom is -0.304 e. The van der Waals surface area contributed by atoms with Crippen molar-refractivity contribution in [1.29, 1.82) is 0 Å². The Bertz CT molecular complexity index is 394. The molecule has 1 aliphatic rings. The number of hydrogen-bond acceptors (Lipinski definition) is 2. The summed E-state index contributed by atoms with van der Waals surface area (Å²) in [5.41, 5.74) is 1.43. The molecule has 0 amide bonds. The van der Waals surface area contributed by atoms with Crippen LogP contribution < -0.4 is 0 Å². The van der Waals surface area contributed by atoms with Crippen LogP contribution in [0.2, 0.25) is 5.02 Å². The Morgan fingerprint density at radius 3 is 2.20 bits per heavy atom. The molecule has 3 heteroatoms. The van der Waals surface area contributed by atoms with E-state index < -0.39 is 0 Å². The largest absolute Gasteiger partial charge is 0.304 e. The van der Waals surface area contributed by atoms with Gasteiger partial charge in [0.2, 0.25) is 0 Å². The van der Waals surface area contributed by atoms with Crippen molar-refractivity contribution in [3.63, 3.8) is 0 Å². The third kappa shape index (κ3) is 4.47. The lowest BCUT2D eigenvalue weighted by Crippen LogP contribution is -2.45. The van der Waals surface area contributed by atoms with Gasteiger partial charge in [-0.25, -0.2) is 0 Å². The van der Waals surface area contributed by atoms with E-state index in [4.69, 9.17) is 11.6 Å². The molecule has 0 spiro atoms. The van der Waals surface area contributed by atoms with Gasteiger partial charge < -0.3 is 9.80 Å². The Labute approximate surface area is 128 Å². The van der Waals surface area contributed by atoms with Crippen LogP contribution in [0.1, 0.15) is 31.7 Å². The standard InChI is InChI=1S/C17H27ClN2/c1-14(2)17(15-4-6-16(18)7-5-15)8-9-20-12-10-19(3)11-13-20/h4-7,14,17H,8-13H2,1-3H3. The molecule has 1 saturated heterocycles. The zero-order valence-electron chi connectivity index (χ0n) is 13.0. The molecular formula is C17H27ClN2. The van der Waals surface area contributed by atoms with Gasteiger partial charge in [0.05, 0.1) is 0 Å². The highest BCUT2D eigenvalue weighted by Crippen LogP contribution is 2.29. The van der Waals surface area contributed by atoms with E-state index in [1.165, 1.54) is 44.7 Å². The third-order valence-corrected chi connectivity index (χ3v) is 4.71. The third-order valence-electron chi connectivity index (χ3n) is 4.46. The van der Waals surface area contributed by atoms with Crippen LogP contribution in [0.4, 0.5) is 0 Å². The summed E-state index contributed by atoms with van der Waals surface area (Å²) in [6.45, 7) is 10.7. The van der Waals surface area contributed by atoms with Crippen LogP contribution in [0, 0.1) is 5.92 Å². The summed E-state index contributed by atoms with van der Waals surface area (Å²) in [6, 6.07) is 8.41. The maximum atomic E-state index is 6.00. The second-order valence-electron chi connectivity index (χ2n) is 6.34. The number of hydrogen-bond donors (Lipinski definition) is 0. The highest BCUT2D eigenvalue weighted by atomic mass is 35.5. The molecule has 2 nitrogen and oxygen atoms in total. The summed E-state index contributed by atoms with van der Waals surface area (Å²) in [5.74, 6) is 1.30. The second-order valence-corrected chi connectivity index (χ2v) is 6.77. The van der Waals surface area contributed by atoms with Crippen molar-refractivity contribution in [1.82, 2.24) is 9.80 Å². The first-order valence-corrected chi connectivity index (χ1v) is 8.10. The lowest BCUT2D eigenvalue weighted by molar-refractivity contribution is 0.148. The molecule has 20 heavy (non-hydrogen) atoms. The molecule has 1 aromatic carbocycles. The van der Waals surface area contributed by atoms with Gasteiger partial charge in [-0.3, -0.25) is 0 Å². The Morgan fingerprint density at radius 1 is 1.05 bits per heavy atom. The summed E-state index contributed by atoms with van der Waals surface area (Å²) in [4.78, 5) is 5.01. The zero-order chi connectivity index (χ0) is 14.5. The van der Waals surface area contributed by atoms with Crippen molar-refractivity contribution in [2.45, 2.75) is 26.2 Å². The van der Waals surface area contributed by atoms with Crippen molar-refractivity contribution < 1.29 is 0 Å². The quantitative estimate of drug-likeness (QED) is 0.817. The van der Waals surface area contributed by atoms with E-state index >= 15 is 0 Å². The number of halogens is 1. The molecule has 2 rings (SSSR count). The van der Waals surface area contributed by atoms with Gasteiger partial charge in [0, 0.05) is 31.2 Å². The summed E-state index contributed by atoms with van der Waals surface area (Å²) in [5, 5.41) is 0.829. The second kappa shape index (κ2) is 7.44. The SMILES string of the molecule is CC(C)C(CCN1CCN(C)CC1)c1ccc(Cl)cc1. The average Bonchev–Trinajstić information content (AvgIpc) is 2.43. The smallest absolute Gasteiger partial charge is 0.0406 e. The Kier molecular flexibility index (Phi) is 5.88. The van der Waals surface area contributed by atoms with Gasteiger partial charge in [0.1, 0.15) is 0 Å². The van der Waals surface area contributed by atoms with E-state index in [1.54, 1.807) is 0 Å². The first kappa shape index (κ1) is 15.8. The molecule has 0 saturated carbocycles. The summed E-state index contributed by atoms with van der Waals surface area (Å²) in [6.07, 6.45) is 1.24. The molecule has 1 atom stereocenters. The van der Waals surface area contributed by atoms with E-state index in [0.29, 0.717) is 11.8 Å². The highest BCUT2D eigenvalue weighted by molar-refractivity contribution is 6.30. The average molecular weight is 295 g/mol. The first-order valence-electron chi connectivity index (χ1n) is 7.72. The fourth-order valence-corrected chi connectivity index (χ4v) is 3.11. The van der Waals surface area contributed by atoms with E-state index in [9.17, 15) is 0 Å². The summed E-state index contributed by atoms with van der Waals surface area (Å²) < 4.78 is 0. The van der Waals surface area contributed by atoms with Gasteiger partial charge in [-0.2, -0.15) is 0 Å². The maximum Gasteiger partial charge on any atom is 0.0406 e. The summed E-state index contributed by atoms with van der Waals surface area (Å²) >= 11 is 6.00. The molecule has 1 unspecified atom stereocenters. The number of nitrogens with zero attached hydrogens (tertiary/aromatic N) is 2. The van der Waals surface area contributed by atoms with E-state index in [0.717, 1.165) is 5.02 Å². The number of likely N-dealkylation sites (N-methyl/N-ethyl adjacent to an activating group) is 1. The van der Waals surface area contributed by atoms with Crippen LogP contribution in [0.3, 0.4) is 0 Å². The van der Waals surface area contributed by atoms with Gasteiger partial charge in [-0.15, -0.1) is 0 Å². The van der Waals surface area contributed by atoms with E-state index in [-0.39, 0.29) is 0 Å². The van der Waals surface area contributed by atoms with Crippen molar-refractivity contribution >= 4 is 11.6 Å². The normalized spacial score (nSPS) is 19.4. The molecular weight excluding hydrogens is 268 g/mol. The highest BCUT2D eigenvalue weighted by Gasteiger charge is 2.19. The van der Waals surface area contributed by atoms with Gasteiger partial charge in [-0.1, -0.05) is 37.6 Å². The Balaban J connectivity index is 1.91. The lowest BCUT2D eigenvalue weighted by Gasteiger charge is -2.33. The fourth-order valence-electron chi connectivity index (χ4n) is 2.99. The molecule has 1 aromatic rings. The fraction of sp³-hybridized carbons (Fsp3) is 0.647.